The van der Waals surface area contributed by atoms with Gasteiger partial charge in [-0.3, -0.25) is 0 Å². The van der Waals surface area contributed by atoms with Crippen LogP contribution in [0.2, 0.25) is 0 Å². The Labute approximate surface area is 89.0 Å². The molecule has 0 spiro atoms. The van der Waals surface area contributed by atoms with E-state index in [4.69, 9.17) is 10.2 Å². The third kappa shape index (κ3) is 3.86. The lowest BCUT2D eigenvalue weighted by atomic mass is 10.3. The van der Waals surface area contributed by atoms with Gasteiger partial charge in [-0.1, -0.05) is 0 Å². The standard InChI is InChI=1S/C9H14N2O3S/c10-15(13,14)9-4-2-8(3-5-9)11-6-1-7-12/h2-5,11-12H,1,6-7H2,(H2,10,13,14). The van der Waals surface area contributed by atoms with E-state index in [-0.39, 0.29) is 11.5 Å². The van der Waals surface area contributed by atoms with E-state index in [0.29, 0.717) is 13.0 Å². The minimum absolute atomic E-state index is 0.0928. The number of rotatable bonds is 5. The number of primary sulfonamides is 1. The van der Waals surface area contributed by atoms with Gasteiger partial charge in [0.15, 0.2) is 0 Å². The zero-order valence-electron chi connectivity index (χ0n) is 8.18. The molecule has 5 nitrogen and oxygen atoms in total. The highest BCUT2D eigenvalue weighted by Crippen LogP contribution is 2.12. The number of nitrogens with two attached hydrogens (primary N) is 1. The van der Waals surface area contributed by atoms with Gasteiger partial charge in [0.2, 0.25) is 10.0 Å². The summed E-state index contributed by atoms with van der Waals surface area (Å²) in [4.78, 5) is 0.0928. The van der Waals surface area contributed by atoms with E-state index in [1.54, 1.807) is 12.1 Å². The molecule has 0 radical (unpaired) electrons. The number of benzene rings is 1. The Hall–Kier alpha value is -1.11. The molecule has 1 aromatic carbocycles. The first-order valence-corrected chi connectivity index (χ1v) is 6.06. The van der Waals surface area contributed by atoms with E-state index < -0.39 is 10.0 Å². The lowest BCUT2D eigenvalue weighted by molar-refractivity contribution is 0.292. The maximum atomic E-state index is 10.9. The van der Waals surface area contributed by atoms with Crippen molar-refractivity contribution in [1.29, 1.82) is 0 Å². The van der Waals surface area contributed by atoms with E-state index in [9.17, 15) is 8.42 Å². The molecule has 6 heteroatoms. The predicted molar refractivity (Wildman–Crippen MR) is 58.0 cm³/mol. The Morgan fingerprint density at radius 3 is 2.33 bits per heavy atom. The van der Waals surface area contributed by atoms with Gasteiger partial charge in [-0.15, -0.1) is 0 Å². The van der Waals surface area contributed by atoms with Crippen LogP contribution < -0.4 is 10.5 Å². The second-order valence-corrected chi connectivity index (χ2v) is 4.63. The van der Waals surface area contributed by atoms with Crippen LogP contribution in [0.25, 0.3) is 0 Å². The number of anilines is 1. The molecule has 0 unspecified atom stereocenters. The lowest BCUT2D eigenvalue weighted by Crippen LogP contribution is -2.12. The summed E-state index contributed by atoms with van der Waals surface area (Å²) in [5.41, 5.74) is 0.802. The summed E-state index contributed by atoms with van der Waals surface area (Å²) in [5, 5.41) is 16.5. The highest BCUT2D eigenvalue weighted by Gasteiger charge is 2.05. The van der Waals surface area contributed by atoms with Crippen LogP contribution in [0.3, 0.4) is 0 Å². The van der Waals surface area contributed by atoms with Crippen LogP contribution in [-0.2, 0) is 10.0 Å². The second kappa shape index (κ2) is 5.11. The molecule has 0 saturated heterocycles. The van der Waals surface area contributed by atoms with Gasteiger partial charge in [0.25, 0.3) is 0 Å². The minimum Gasteiger partial charge on any atom is -0.396 e. The summed E-state index contributed by atoms with van der Waals surface area (Å²) in [5.74, 6) is 0. The van der Waals surface area contributed by atoms with Crippen molar-refractivity contribution in [2.45, 2.75) is 11.3 Å². The molecule has 0 aliphatic heterocycles. The van der Waals surface area contributed by atoms with Gasteiger partial charge in [0.1, 0.15) is 0 Å². The number of hydrogen-bond donors (Lipinski definition) is 3. The first kappa shape index (κ1) is 12.0. The van der Waals surface area contributed by atoms with E-state index in [1.807, 2.05) is 0 Å². The van der Waals surface area contributed by atoms with E-state index in [1.165, 1.54) is 12.1 Å². The molecule has 0 aliphatic rings. The Morgan fingerprint density at radius 1 is 1.27 bits per heavy atom. The summed E-state index contributed by atoms with van der Waals surface area (Å²) in [6, 6.07) is 6.15. The lowest BCUT2D eigenvalue weighted by Gasteiger charge is -2.05. The predicted octanol–water partition coefficient (Wildman–Crippen LogP) is 0.128. The zero-order chi connectivity index (χ0) is 11.3. The summed E-state index contributed by atoms with van der Waals surface area (Å²) in [6.07, 6.45) is 0.650. The van der Waals surface area contributed by atoms with Gasteiger partial charge < -0.3 is 10.4 Å². The fraction of sp³-hybridized carbons (Fsp3) is 0.333. The van der Waals surface area contributed by atoms with Gasteiger partial charge in [-0.05, 0) is 30.7 Å². The Kier molecular flexibility index (Phi) is 4.07. The van der Waals surface area contributed by atoms with Gasteiger partial charge in [-0.2, -0.15) is 0 Å². The molecule has 0 aromatic heterocycles. The van der Waals surface area contributed by atoms with Crippen molar-refractivity contribution in [3.05, 3.63) is 24.3 Å². The number of aliphatic hydroxyl groups is 1. The molecule has 0 fully saturated rings. The summed E-state index contributed by atoms with van der Waals surface area (Å²) in [6.45, 7) is 0.771. The Morgan fingerprint density at radius 2 is 1.87 bits per heavy atom. The summed E-state index contributed by atoms with van der Waals surface area (Å²) < 4.78 is 21.9. The van der Waals surface area contributed by atoms with Crippen molar-refractivity contribution in [3.63, 3.8) is 0 Å². The van der Waals surface area contributed by atoms with Crippen molar-refractivity contribution < 1.29 is 13.5 Å². The molecular formula is C9H14N2O3S. The second-order valence-electron chi connectivity index (χ2n) is 3.07. The largest absolute Gasteiger partial charge is 0.396 e. The number of nitrogens with one attached hydrogen (secondary N) is 1. The van der Waals surface area contributed by atoms with Gasteiger partial charge in [-0.25, -0.2) is 13.6 Å². The van der Waals surface area contributed by atoms with Gasteiger partial charge in [0, 0.05) is 18.8 Å². The van der Waals surface area contributed by atoms with Crippen molar-refractivity contribution in [3.8, 4) is 0 Å². The van der Waals surface area contributed by atoms with Crippen LogP contribution in [0, 0.1) is 0 Å². The quantitative estimate of drug-likeness (QED) is 0.627. The van der Waals surface area contributed by atoms with Gasteiger partial charge in [0.05, 0.1) is 4.90 Å². The molecule has 1 rings (SSSR count). The number of hydrogen-bond acceptors (Lipinski definition) is 4. The molecule has 0 atom stereocenters. The van der Waals surface area contributed by atoms with Crippen molar-refractivity contribution in [2.75, 3.05) is 18.5 Å². The maximum absolute atomic E-state index is 10.9. The summed E-state index contributed by atoms with van der Waals surface area (Å²) in [7, 11) is -3.61. The molecule has 1 aromatic rings. The van der Waals surface area contributed by atoms with Crippen LogP contribution in [0.1, 0.15) is 6.42 Å². The van der Waals surface area contributed by atoms with Crippen molar-refractivity contribution >= 4 is 15.7 Å². The molecule has 0 bridgehead atoms. The highest BCUT2D eigenvalue weighted by atomic mass is 32.2. The fourth-order valence-corrected chi connectivity index (χ4v) is 1.59. The molecule has 84 valence electrons. The van der Waals surface area contributed by atoms with Crippen molar-refractivity contribution in [2.24, 2.45) is 5.14 Å². The third-order valence-corrected chi connectivity index (χ3v) is 2.78. The van der Waals surface area contributed by atoms with E-state index >= 15 is 0 Å². The molecule has 0 saturated carbocycles. The average Bonchev–Trinajstić information content (AvgIpc) is 2.18. The highest BCUT2D eigenvalue weighted by molar-refractivity contribution is 7.89. The monoisotopic (exact) mass is 230 g/mol. The Bertz CT molecular complexity index is 400. The van der Waals surface area contributed by atoms with Gasteiger partial charge >= 0.3 is 0 Å². The zero-order valence-corrected chi connectivity index (χ0v) is 9.00. The van der Waals surface area contributed by atoms with Crippen molar-refractivity contribution in [1.82, 2.24) is 0 Å². The molecule has 4 N–H and O–H groups in total. The smallest absolute Gasteiger partial charge is 0.238 e. The minimum atomic E-state index is -3.61. The summed E-state index contributed by atoms with van der Waals surface area (Å²) >= 11 is 0. The first-order valence-electron chi connectivity index (χ1n) is 4.51. The number of sulfonamides is 1. The van der Waals surface area contributed by atoms with Crippen LogP contribution >= 0.6 is 0 Å². The number of aliphatic hydroxyl groups excluding tert-OH is 1. The first-order chi connectivity index (χ1) is 7.04. The maximum Gasteiger partial charge on any atom is 0.238 e. The molecule has 0 aliphatic carbocycles. The SMILES string of the molecule is NS(=O)(=O)c1ccc(NCCCO)cc1. The fourth-order valence-electron chi connectivity index (χ4n) is 1.07. The van der Waals surface area contributed by atoms with Crippen LogP contribution in [0.5, 0.6) is 0 Å². The Balaban J connectivity index is 2.65. The molecule has 15 heavy (non-hydrogen) atoms. The molecule has 0 heterocycles. The topological polar surface area (TPSA) is 92.4 Å². The van der Waals surface area contributed by atoms with Crippen LogP contribution in [-0.4, -0.2) is 26.7 Å². The average molecular weight is 230 g/mol. The molecular weight excluding hydrogens is 216 g/mol. The van der Waals surface area contributed by atoms with Crippen LogP contribution in [0.4, 0.5) is 5.69 Å². The van der Waals surface area contributed by atoms with E-state index in [0.717, 1.165) is 5.69 Å². The third-order valence-electron chi connectivity index (χ3n) is 1.85. The van der Waals surface area contributed by atoms with E-state index in [2.05, 4.69) is 5.32 Å². The van der Waals surface area contributed by atoms with Crippen LogP contribution in [0.15, 0.2) is 29.2 Å². The molecule has 0 amide bonds. The normalized spacial score (nSPS) is 11.3.